The Morgan fingerprint density at radius 2 is 2.08 bits per heavy atom. The summed E-state index contributed by atoms with van der Waals surface area (Å²) in [6.45, 7) is 8.67. The number of allylic oxidation sites excluding steroid dienone is 1. The predicted octanol–water partition coefficient (Wildman–Crippen LogP) is 3.81. The highest BCUT2D eigenvalue weighted by molar-refractivity contribution is 5.84. The maximum absolute atomic E-state index is 4.37. The van der Waals surface area contributed by atoms with Gasteiger partial charge in [0.25, 0.3) is 0 Å². The molecule has 70 valence electrons. The lowest BCUT2D eigenvalue weighted by atomic mass is 10.0. The van der Waals surface area contributed by atoms with Crippen molar-refractivity contribution in [3.8, 4) is 0 Å². The maximum atomic E-state index is 4.37. The highest BCUT2D eigenvalue weighted by Crippen LogP contribution is 2.06. The molecule has 0 amide bonds. The van der Waals surface area contributed by atoms with E-state index in [4.69, 9.17) is 0 Å². The Balaban J connectivity index is 3.82. The van der Waals surface area contributed by atoms with E-state index < -0.39 is 0 Å². The molecule has 0 atom stereocenters. The molecule has 0 heterocycles. The summed E-state index contributed by atoms with van der Waals surface area (Å²) in [6.07, 6.45) is 7.35. The second-order valence-corrected chi connectivity index (χ2v) is 3.46. The summed E-state index contributed by atoms with van der Waals surface area (Å²) in [7, 11) is 0. The third-order valence-corrected chi connectivity index (χ3v) is 1.82. The first-order valence-corrected chi connectivity index (χ1v) is 4.87. The van der Waals surface area contributed by atoms with Crippen molar-refractivity contribution in [2.75, 3.05) is 0 Å². The van der Waals surface area contributed by atoms with Crippen LogP contribution in [0.4, 0.5) is 0 Å². The van der Waals surface area contributed by atoms with Gasteiger partial charge in [-0.05, 0) is 32.1 Å². The fourth-order valence-corrected chi connectivity index (χ4v) is 0.968. The topological polar surface area (TPSA) is 12.4 Å². The van der Waals surface area contributed by atoms with Gasteiger partial charge in [-0.15, -0.1) is 0 Å². The molecule has 0 saturated carbocycles. The van der Waals surface area contributed by atoms with E-state index in [9.17, 15) is 0 Å². The molecule has 0 aliphatic carbocycles. The van der Waals surface area contributed by atoms with Crippen LogP contribution in [0.3, 0.4) is 0 Å². The van der Waals surface area contributed by atoms with E-state index in [0.717, 1.165) is 18.8 Å². The van der Waals surface area contributed by atoms with Crippen LogP contribution in [0.25, 0.3) is 0 Å². The number of hydrogen-bond acceptors (Lipinski definition) is 1. The zero-order valence-electron chi connectivity index (χ0n) is 8.80. The smallest absolute Gasteiger partial charge is 0.0224 e. The van der Waals surface area contributed by atoms with E-state index in [0.29, 0.717) is 0 Å². The third kappa shape index (κ3) is 6.14. The third-order valence-electron chi connectivity index (χ3n) is 1.82. The molecule has 0 saturated heterocycles. The van der Waals surface area contributed by atoms with Crippen LogP contribution >= 0.6 is 0 Å². The van der Waals surface area contributed by atoms with E-state index in [1.165, 1.54) is 12.1 Å². The predicted molar refractivity (Wildman–Crippen MR) is 56.6 cm³/mol. The fourth-order valence-electron chi connectivity index (χ4n) is 0.968. The Labute approximate surface area is 76.6 Å². The Hall–Kier alpha value is -0.590. The molecule has 0 bridgehead atoms. The summed E-state index contributed by atoms with van der Waals surface area (Å²) in [6, 6.07) is 0. The molecule has 0 fully saturated rings. The first-order chi connectivity index (χ1) is 5.70. The molecule has 0 aliphatic heterocycles. The lowest BCUT2D eigenvalue weighted by Gasteiger charge is -2.04. The van der Waals surface area contributed by atoms with Crippen LogP contribution in [0.1, 0.15) is 47.0 Å². The van der Waals surface area contributed by atoms with E-state index >= 15 is 0 Å². The van der Waals surface area contributed by atoms with Crippen molar-refractivity contribution in [3.63, 3.8) is 0 Å². The normalized spacial score (nSPS) is 13.2. The van der Waals surface area contributed by atoms with Crippen molar-refractivity contribution in [1.29, 1.82) is 0 Å². The minimum atomic E-state index is 0.785. The van der Waals surface area contributed by atoms with Gasteiger partial charge in [-0.1, -0.05) is 26.8 Å². The minimum Gasteiger partial charge on any atom is -0.266 e. The summed E-state index contributed by atoms with van der Waals surface area (Å²) in [5.74, 6) is 0.785. The van der Waals surface area contributed by atoms with Gasteiger partial charge in [0.15, 0.2) is 0 Å². The Bertz CT molecular complexity index is 154. The van der Waals surface area contributed by atoms with E-state index in [2.05, 4.69) is 25.8 Å². The van der Waals surface area contributed by atoms with Crippen LogP contribution in [-0.4, -0.2) is 5.71 Å². The van der Waals surface area contributed by atoms with Gasteiger partial charge in [-0.3, -0.25) is 4.99 Å². The molecular weight excluding hydrogens is 146 g/mol. The van der Waals surface area contributed by atoms with Crippen LogP contribution in [0.5, 0.6) is 0 Å². The standard InChI is InChI=1S/C11H21N/c1-5-9-12-11(6-2)8-7-10(3)4/h5,9-10H,6-8H2,1-4H3/b9-5-,12-11+. The summed E-state index contributed by atoms with van der Waals surface area (Å²) >= 11 is 0. The zero-order chi connectivity index (χ0) is 9.40. The summed E-state index contributed by atoms with van der Waals surface area (Å²) < 4.78 is 0. The maximum Gasteiger partial charge on any atom is 0.0224 e. The van der Waals surface area contributed by atoms with Crippen LogP contribution in [0.2, 0.25) is 0 Å². The Morgan fingerprint density at radius 1 is 1.42 bits per heavy atom. The van der Waals surface area contributed by atoms with Gasteiger partial charge < -0.3 is 0 Å². The van der Waals surface area contributed by atoms with E-state index in [1.54, 1.807) is 0 Å². The zero-order valence-corrected chi connectivity index (χ0v) is 8.80. The van der Waals surface area contributed by atoms with Crippen molar-refractivity contribution in [1.82, 2.24) is 0 Å². The molecule has 0 aliphatic rings. The monoisotopic (exact) mass is 167 g/mol. The molecule has 0 unspecified atom stereocenters. The van der Waals surface area contributed by atoms with Gasteiger partial charge in [0.2, 0.25) is 0 Å². The van der Waals surface area contributed by atoms with Gasteiger partial charge in [0, 0.05) is 11.9 Å². The molecule has 0 aromatic rings. The second-order valence-electron chi connectivity index (χ2n) is 3.46. The summed E-state index contributed by atoms with van der Waals surface area (Å²) in [5.41, 5.74) is 1.32. The lowest BCUT2D eigenvalue weighted by Crippen LogP contribution is -1.98. The van der Waals surface area contributed by atoms with E-state index in [1.807, 2.05) is 19.2 Å². The van der Waals surface area contributed by atoms with Gasteiger partial charge >= 0.3 is 0 Å². The summed E-state index contributed by atoms with van der Waals surface area (Å²) in [4.78, 5) is 4.37. The van der Waals surface area contributed by atoms with Crippen molar-refractivity contribution in [3.05, 3.63) is 12.3 Å². The van der Waals surface area contributed by atoms with Crippen LogP contribution in [0, 0.1) is 5.92 Å². The number of hydrogen-bond donors (Lipinski definition) is 0. The average Bonchev–Trinajstić information content (AvgIpc) is 2.05. The van der Waals surface area contributed by atoms with Crippen molar-refractivity contribution in [2.45, 2.75) is 47.0 Å². The molecule has 0 spiro atoms. The molecule has 0 aromatic carbocycles. The average molecular weight is 167 g/mol. The van der Waals surface area contributed by atoms with Crippen LogP contribution in [0.15, 0.2) is 17.3 Å². The SMILES string of the molecule is C/C=C\N=C(/CC)CCC(C)C. The Morgan fingerprint density at radius 3 is 2.50 bits per heavy atom. The number of rotatable bonds is 5. The van der Waals surface area contributed by atoms with Gasteiger partial charge in [0.05, 0.1) is 0 Å². The quantitative estimate of drug-likeness (QED) is 0.552. The number of nitrogens with zero attached hydrogens (tertiary/aromatic N) is 1. The van der Waals surface area contributed by atoms with Crippen LogP contribution < -0.4 is 0 Å². The fraction of sp³-hybridized carbons (Fsp3) is 0.727. The molecule has 0 rings (SSSR count). The first-order valence-electron chi connectivity index (χ1n) is 4.87. The first kappa shape index (κ1) is 11.4. The van der Waals surface area contributed by atoms with Crippen LogP contribution in [-0.2, 0) is 0 Å². The highest BCUT2D eigenvalue weighted by atomic mass is 14.7. The lowest BCUT2D eigenvalue weighted by molar-refractivity contribution is 0.601. The number of aliphatic imine (C=N–C) groups is 1. The summed E-state index contributed by atoms with van der Waals surface area (Å²) in [5, 5.41) is 0. The van der Waals surface area contributed by atoms with Crippen molar-refractivity contribution in [2.24, 2.45) is 10.9 Å². The highest BCUT2D eigenvalue weighted by Gasteiger charge is 1.98. The molecule has 0 N–H and O–H groups in total. The van der Waals surface area contributed by atoms with Gasteiger partial charge in [-0.25, -0.2) is 0 Å². The van der Waals surface area contributed by atoms with Gasteiger partial charge in [0.1, 0.15) is 0 Å². The van der Waals surface area contributed by atoms with E-state index in [-0.39, 0.29) is 0 Å². The molecule has 1 nitrogen and oxygen atoms in total. The molecular formula is C11H21N. The van der Waals surface area contributed by atoms with Crippen molar-refractivity contribution < 1.29 is 0 Å². The molecule has 1 heteroatoms. The molecule has 12 heavy (non-hydrogen) atoms. The van der Waals surface area contributed by atoms with Crippen molar-refractivity contribution >= 4 is 5.71 Å². The molecule has 0 aromatic heterocycles. The largest absolute Gasteiger partial charge is 0.266 e. The molecule has 0 radical (unpaired) electrons. The van der Waals surface area contributed by atoms with Gasteiger partial charge in [-0.2, -0.15) is 0 Å². The minimum absolute atomic E-state index is 0.785. The second kappa shape index (κ2) is 7.08. The Kier molecular flexibility index (Phi) is 6.73.